The fourth-order valence-electron chi connectivity index (χ4n) is 2.77. The quantitative estimate of drug-likeness (QED) is 0.421. The van der Waals surface area contributed by atoms with Crippen LogP contribution in [0, 0.1) is 5.92 Å². The Morgan fingerprint density at radius 1 is 0.667 bits per heavy atom. The molecule has 2 atom stereocenters. The van der Waals surface area contributed by atoms with Gasteiger partial charge in [0.2, 0.25) is 0 Å². The van der Waals surface area contributed by atoms with Gasteiger partial charge < -0.3 is 5.73 Å². The lowest BCUT2D eigenvalue weighted by molar-refractivity contribution is 0.344. The molecule has 0 saturated heterocycles. The summed E-state index contributed by atoms with van der Waals surface area (Å²) in [6.07, 6.45) is 16.2. The van der Waals surface area contributed by atoms with Gasteiger partial charge in [0.1, 0.15) is 0 Å². The van der Waals surface area contributed by atoms with Crippen LogP contribution in [-0.4, -0.2) is 6.04 Å². The highest BCUT2D eigenvalue weighted by Crippen LogP contribution is 2.20. The largest absolute Gasteiger partial charge is 0.327 e. The summed E-state index contributed by atoms with van der Waals surface area (Å²) in [5.41, 5.74) is 6.35. The number of hydrogen-bond acceptors (Lipinski definition) is 1. The molecule has 1 heteroatoms. The second kappa shape index (κ2) is 13.4. The van der Waals surface area contributed by atoms with E-state index in [1.807, 2.05) is 0 Å². The van der Waals surface area contributed by atoms with Crippen LogP contribution in [0.4, 0.5) is 0 Å². The third kappa shape index (κ3) is 9.94. The SMILES string of the molecule is CCCCCCCCC(N)C(CC)CCCCC. The number of hydrogen-bond donors (Lipinski definition) is 1. The third-order valence-corrected chi connectivity index (χ3v) is 4.20. The van der Waals surface area contributed by atoms with Gasteiger partial charge in [-0.15, -0.1) is 0 Å². The molecule has 0 rings (SSSR count). The molecule has 0 radical (unpaired) electrons. The summed E-state index contributed by atoms with van der Waals surface area (Å²) in [4.78, 5) is 0. The highest BCUT2D eigenvalue weighted by Gasteiger charge is 2.14. The second-order valence-electron chi connectivity index (χ2n) is 5.88. The summed E-state index contributed by atoms with van der Waals surface area (Å²) in [5.74, 6) is 0.771. The van der Waals surface area contributed by atoms with Crippen molar-refractivity contribution in [1.82, 2.24) is 0 Å². The predicted octanol–water partition coefficient (Wildman–Crippen LogP) is 5.67. The van der Waals surface area contributed by atoms with Crippen LogP contribution >= 0.6 is 0 Å². The maximum atomic E-state index is 6.35. The van der Waals surface area contributed by atoms with E-state index in [-0.39, 0.29) is 0 Å². The van der Waals surface area contributed by atoms with Gasteiger partial charge in [0.05, 0.1) is 0 Å². The Morgan fingerprint density at radius 3 is 1.78 bits per heavy atom. The van der Waals surface area contributed by atoms with E-state index in [0.29, 0.717) is 6.04 Å². The van der Waals surface area contributed by atoms with Gasteiger partial charge >= 0.3 is 0 Å². The Bertz CT molecular complexity index is 156. The fourth-order valence-corrected chi connectivity index (χ4v) is 2.77. The fraction of sp³-hybridized carbons (Fsp3) is 1.00. The molecule has 0 aliphatic rings. The summed E-state index contributed by atoms with van der Waals surface area (Å²) in [7, 11) is 0. The zero-order valence-corrected chi connectivity index (χ0v) is 13.2. The van der Waals surface area contributed by atoms with E-state index in [9.17, 15) is 0 Å². The van der Waals surface area contributed by atoms with Crippen molar-refractivity contribution in [2.24, 2.45) is 11.7 Å². The van der Waals surface area contributed by atoms with Crippen LogP contribution in [0.15, 0.2) is 0 Å². The smallest absolute Gasteiger partial charge is 0.00670 e. The van der Waals surface area contributed by atoms with Crippen molar-refractivity contribution in [1.29, 1.82) is 0 Å². The van der Waals surface area contributed by atoms with Crippen LogP contribution in [-0.2, 0) is 0 Å². The van der Waals surface area contributed by atoms with Crippen molar-refractivity contribution < 1.29 is 0 Å². The summed E-state index contributed by atoms with van der Waals surface area (Å²) < 4.78 is 0. The minimum Gasteiger partial charge on any atom is -0.327 e. The Balaban J connectivity index is 3.53. The van der Waals surface area contributed by atoms with Gasteiger partial charge in [-0.2, -0.15) is 0 Å². The standard InChI is InChI=1S/C17H37N/c1-4-7-9-10-11-13-15-17(18)16(6-3)14-12-8-5-2/h16-17H,4-15,18H2,1-3H3. The molecule has 0 aromatic rings. The Hall–Kier alpha value is -0.0400. The van der Waals surface area contributed by atoms with Crippen LogP contribution in [0.2, 0.25) is 0 Å². The summed E-state index contributed by atoms with van der Waals surface area (Å²) in [6.45, 7) is 6.85. The van der Waals surface area contributed by atoms with E-state index >= 15 is 0 Å². The molecule has 0 aliphatic carbocycles. The molecule has 110 valence electrons. The molecule has 0 spiro atoms. The van der Waals surface area contributed by atoms with Gasteiger partial charge in [-0.25, -0.2) is 0 Å². The predicted molar refractivity (Wildman–Crippen MR) is 83.9 cm³/mol. The van der Waals surface area contributed by atoms with Crippen molar-refractivity contribution in [3.63, 3.8) is 0 Å². The van der Waals surface area contributed by atoms with E-state index in [1.165, 1.54) is 77.0 Å². The van der Waals surface area contributed by atoms with Gasteiger partial charge in [0, 0.05) is 6.04 Å². The monoisotopic (exact) mass is 255 g/mol. The molecule has 0 saturated carbocycles. The molecule has 0 amide bonds. The average Bonchev–Trinajstić information content (AvgIpc) is 2.38. The van der Waals surface area contributed by atoms with E-state index in [2.05, 4.69) is 20.8 Å². The Kier molecular flexibility index (Phi) is 13.4. The maximum absolute atomic E-state index is 6.35. The minimum absolute atomic E-state index is 0.457. The molecule has 0 fully saturated rings. The van der Waals surface area contributed by atoms with Gasteiger partial charge in [-0.3, -0.25) is 0 Å². The highest BCUT2D eigenvalue weighted by atomic mass is 14.6. The first-order chi connectivity index (χ1) is 8.76. The van der Waals surface area contributed by atoms with Crippen molar-refractivity contribution >= 4 is 0 Å². The molecule has 0 aromatic heterocycles. The maximum Gasteiger partial charge on any atom is 0.00670 e. The van der Waals surface area contributed by atoms with E-state index in [4.69, 9.17) is 5.73 Å². The average molecular weight is 255 g/mol. The second-order valence-corrected chi connectivity index (χ2v) is 5.88. The third-order valence-electron chi connectivity index (χ3n) is 4.20. The number of rotatable bonds is 13. The first-order valence-electron chi connectivity index (χ1n) is 8.51. The Labute approximate surface area is 116 Å². The molecule has 2 N–H and O–H groups in total. The molecule has 18 heavy (non-hydrogen) atoms. The van der Waals surface area contributed by atoms with Crippen LogP contribution in [0.25, 0.3) is 0 Å². The minimum atomic E-state index is 0.457. The summed E-state index contributed by atoms with van der Waals surface area (Å²) >= 11 is 0. The highest BCUT2D eigenvalue weighted by molar-refractivity contribution is 4.72. The van der Waals surface area contributed by atoms with Crippen molar-refractivity contribution in [2.45, 2.75) is 104 Å². The van der Waals surface area contributed by atoms with Crippen LogP contribution in [0.3, 0.4) is 0 Å². The zero-order chi connectivity index (χ0) is 13.6. The van der Waals surface area contributed by atoms with Crippen molar-refractivity contribution in [3.05, 3.63) is 0 Å². The van der Waals surface area contributed by atoms with Gasteiger partial charge in [0.15, 0.2) is 0 Å². The molecular formula is C17H37N. The molecular weight excluding hydrogens is 218 g/mol. The summed E-state index contributed by atoms with van der Waals surface area (Å²) in [5, 5.41) is 0. The number of nitrogens with two attached hydrogens (primary N) is 1. The molecule has 1 nitrogen and oxygen atoms in total. The van der Waals surface area contributed by atoms with E-state index in [1.54, 1.807) is 0 Å². The van der Waals surface area contributed by atoms with E-state index < -0.39 is 0 Å². The molecule has 0 aromatic carbocycles. The van der Waals surface area contributed by atoms with Crippen molar-refractivity contribution in [2.75, 3.05) is 0 Å². The van der Waals surface area contributed by atoms with Crippen molar-refractivity contribution in [3.8, 4) is 0 Å². The van der Waals surface area contributed by atoms with Gasteiger partial charge in [0.25, 0.3) is 0 Å². The zero-order valence-electron chi connectivity index (χ0n) is 13.2. The topological polar surface area (TPSA) is 26.0 Å². The first-order valence-corrected chi connectivity index (χ1v) is 8.51. The lowest BCUT2D eigenvalue weighted by Crippen LogP contribution is -2.29. The van der Waals surface area contributed by atoms with Gasteiger partial charge in [-0.05, 0) is 18.8 Å². The summed E-state index contributed by atoms with van der Waals surface area (Å²) in [6, 6.07) is 0.457. The van der Waals surface area contributed by atoms with Crippen LogP contribution < -0.4 is 5.73 Å². The molecule has 0 heterocycles. The normalized spacial score (nSPS) is 14.7. The molecule has 0 bridgehead atoms. The van der Waals surface area contributed by atoms with Crippen LogP contribution in [0.1, 0.15) is 97.8 Å². The van der Waals surface area contributed by atoms with Crippen LogP contribution in [0.5, 0.6) is 0 Å². The molecule has 0 aliphatic heterocycles. The van der Waals surface area contributed by atoms with E-state index in [0.717, 1.165) is 5.92 Å². The van der Waals surface area contributed by atoms with Gasteiger partial charge in [-0.1, -0.05) is 85.0 Å². The molecule has 2 unspecified atom stereocenters. The lowest BCUT2D eigenvalue weighted by Gasteiger charge is -2.22. The number of unbranched alkanes of at least 4 members (excludes halogenated alkanes) is 7. The lowest BCUT2D eigenvalue weighted by atomic mass is 9.88. The Morgan fingerprint density at radius 2 is 1.17 bits per heavy atom. The first kappa shape index (κ1) is 18.0.